The second-order valence-corrected chi connectivity index (χ2v) is 5.03. The van der Waals surface area contributed by atoms with Gasteiger partial charge in [-0.3, -0.25) is 0 Å². The first-order chi connectivity index (χ1) is 6.58. The predicted octanol–water partition coefficient (Wildman–Crippen LogP) is 3.93. The second-order valence-electron chi connectivity index (χ2n) is 5.03. The van der Waals surface area contributed by atoms with E-state index in [1.807, 2.05) is 0 Å². The van der Waals surface area contributed by atoms with Crippen LogP contribution in [-0.2, 0) is 0 Å². The van der Waals surface area contributed by atoms with Gasteiger partial charge in [0, 0.05) is 0 Å². The van der Waals surface area contributed by atoms with Crippen molar-refractivity contribution < 1.29 is 0 Å². The molecule has 14 heavy (non-hydrogen) atoms. The lowest BCUT2D eigenvalue weighted by atomic mass is 9.80. The van der Waals surface area contributed by atoms with Gasteiger partial charge in [-0.2, -0.15) is 0 Å². The molecule has 1 aliphatic heterocycles. The maximum absolute atomic E-state index is 2.46. The molecule has 0 aromatic rings. The van der Waals surface area contributed by atoms with E-state index in [2.05, 4.69) is 39.6 Å². The molecule has 0 aromatic heterocycles. The fourth-order valence-corrected chi connectivity index (χ4v) is 1.83. The van der Waals surface area contributed by atoms with Crippen LogP contribution in [0.25, 0.3) is 0 Å². The Kier molecular flexibility index (Phi) is 7.26. The zero-order valence-electron chi connectivity index (χ0n) is 10.9. The lowest BCUT2D eigenvalue weighted by molar-refractivity contribution is 0.259. The minimum Gasteiger partial charge on any atom is -0.306 e. The smallest absolute Gasteiger partial charge is 0.00166 e. The van der Waals surface area contributed by atoms with Crippen molar-refractivity contribution in [2.24, 2.45) is 5.41 Å². The summed E-state index contributed by atoms with van der Waals surface area (Å²) >= 11 is 0. The van der Waals surface area contributed by atoms with Crippen LogP contribution in [-0.4, -0.2) is 25.0 Å². The number of hydrogen-bond donors (Lipinski definition) is 0. The molecule has 0 aliphatic carbocycles. The summed E-state index contributed by atoms with van der Waals surface area (Å²) in [5, 5.41) is 0. The van der Waals surface area contributed by atoms with Gasteiger partial charge in [-0.05, 0) is 44.8 Å². The monoisotopic (exact) mass is 199 g/mol. The van der Waals surface area contributed by atoms with E-state index in [0.29, 0.717) is 5.41 Å². The van der Waals surface area contributed by atoms with E-state index in [0.717, 1.165) is 0 Å². The van der Waals surface area contributed by atoms with E-state index < -0.39 is 0 Å². The summed E-state index contributed by atoms with van der Waals surface area (Å²) in [6, 6.07) is 0. The molecule has 0 spiro atoms. The summed E-state index contributed by atoms with van der Waals surface area (Å²) in [5.74, 6) is 0. The van der Waals surface area contributed by atoms with Crippen molar-refractivity contribution in [1.82, 2.24) is 4.90 Å². The molecular formula is C13H29N. The molecule has 1 nitrogen and oxygen atoms in total. The highest BCUT2D eigenvalue weighted by molar-refractivity contribution is 4.77. The number of likely N-dealkylation sites (tertiary alicyclic amines) is 1. The molecule has 1 fully saturated rings. The topological polar surface area (TPSA) is 3.24 Å². The van der Waals surface area contributed by atoms with E-state index in [-0.39, 0.29) is 0 Å². The third kappa shape index (κ3) is 5.64. The molecule has 0 N–H and O–H groups in total. The summed E-state index contributed by atoms with van der Waals surface area (Å²) in [6.45, 7) is 11.6. The van der Waals surface area contributed by atoms with Gasteiger partial charge >= 0.3 is 0 Å². The van der Waals surface area contributed by atoms with Crippen molar-refractivity contribution in [3.8, 4) is 0 Å². The average molecular weight is 199 g/mol. The molecule has 1 rings (SSSR count). The Balaban J connectivity index is 0.000000500. The fraction of sp³-hybridized carbons (Fsp3) is 1.00. The van der Waals surface area contributed by atoms with Gasteiger partial charge in [0.05, 0.1) is 0 Å². The summed E-state index contributed by atoms with van der Waals surface area (Å²) < 4.78 is 0. The van der Waals surface area contributed by atoms with E-state index in [1.165, 1.54) is 45.2 Å². The Labute approximate surface area is 90.9 Å². The van der Waals surface area contributed by atoms with Gasteiger partial charge < -0.3 is 4.90 Å². The van der Waals surface area contributed by atoms with Crippen LogP contribution in [0.15, 0.2) is 0 Å². The van der Waals surface area contributed by atoms with Gasteiger partial charge in [0.25, 0.3) is 0 Å². The predicted molar refractivity (Wildman–Crippen MR) is 65.7 cm³/mol. The summed E-state index contributed by atoms with van der Waals surface area (Å²) in [6.07, 6.45) is 6.80. The molecule has 1 unspecified atom stereocenters. The molecule has 86 valence electrons. The van der Waals surface area contributed by atoms with Crippen LogP contribution in [0.4, 0.5) is 0 Å². The number of hydrogen-bond acceptors (Lipinski definition) is 1. The van der Waals surface area contributed by atoms with Crippen molar-refractivity contribution >= 4 is 0 Å². The first-order valence-corrected chi connectivity index (χ1v) is 6.26. The van der Waals surface area contributed by atoms with Gasteiger partial charge in [0.2, 0.25) is 0 Å². The molecule has 1 saturated heterocycles. The third-order valence-electron chi connectivity index (χ3n) is 3.27. The Morgan fingerprint density at radius 1 is 1.07 bits per heavy atom. The molecule has 0 bridgehead atoms. The molecular weight excluding hydrogens is 170 g/mol. The minimum absolute atomic E-state index is 0.644. The van der Waals surface area contributed by atoms with Crippen LogP contribution in [0.5, 0.6) is 0 Å². The Morgan fingerprint density at radius 2 is 1.64 bits per heavy atom. The van der Waals surface area contributed by atoms with E-state index >= 15 is 0 Å². The van der Waals surface area contributed by atoms with Gasteiger partial charge in [0.15, 0.2) is 0 Å². The van der Waals surface area contributed by atoms with Crippen LogP contribution in [0.3, 0.4) is 0 Å². The van der Waals surface area contributed by atoms with E-state index in [4.69, 9.17) is 0 Å². The Morgan fingerprint density at radius 3 is 2.14 bits per heavy atom. The Hall–Kier alpha value is -0.0400. The zero-order valence-corrected chi connectivity index (χ0v) is 10.9. The first-order valence-electron chi connectivity index (χ1n) is 6.26. The van der Waals surface area contributed by atoms with Crippen molar-refractivity contribution in [3.63, 3.8) is 0 Å². The van der Waals surface area contributed by atoms with Crippen LogP contribution in [0, 0.1) is 5.41 Å². The molecule has 0 radical (unpaired) electrons. The highest BCUT2D eigenvalue weighted by Gasteiger charge is 2.24. The van der Waals surface area contributed by atoms with Gasteiger partial charge in [-0.15, -0.1) is 0 Å². The highest BCUT2D eigenvalue weighted by Crippen LogP contribution is 2.33. The van der Waals surface area contributed by atoms with Crippen molar-refractivity contribution in [2.75, 3.05) is 20.1 Å². The van der Waals surface area contributed by atoms with Gasteiger partial charge in [-0.25, -0.2) is 0 Å². The van der Waals surface area contributed by atoms with Crippen LogP contribution in [0.2, 0.25) is 0 Å². The molecule has 1 atom stereocenters. The first kappa shape index (κ1) is 14.0. The lowest BCUT2D eigenvalue weighted by Gasteiger charge is -2.25. The maximum Gasteiger partial charge on any atom is -0.00166 e. The maximum atomic E-state index is 2.46. The summed E-state index contributed by atoms with van der Waals surface area (Å²) in [4.78, 5) is 2.46. The SMILES string of the molecule is CCC.CCC1(C)CCCN(C)CC1. The molecule has 0 saturated carbocycles. The number of nitrogens with zero attached hydrogens (tertiary/aromatic N) is 1. The Bertz CT molecular complexity index is 133. The largest absolute Gasteiger partial charge is 0.306 e. The quantitative estimate of drug-likeness (QED) is 0.618. The lowest BCUT2D eigenvalue weighted by Crippen LogP contribution is -2.21. The summed E-state index contributed by atoms with van der Waals surface area (Å²) in [7, 11) is 2.24. The molecule has 1 aliphatic rings. The van der Waals surface area contributed by atoms with E-state index in [1.54, 1.807) is 0 Å². The van der Waals surface area contributed by atoms with Crippen LogP contribution < -0.4 is 0 Å². The standard InChI is InChI=1S/C10H21N.C3H8/c1-4-10(2)6-5-8-11(3)9-7-10;1-3-2/h4-9H2,1-3H3;3H2,1-2H3. The van der Waals surface area contributed by atoms with Crippen molar-refractivity contribution in [1.29, 1.82) is 0 Å². The van der Waals surface area contributed by atoms with Gasteiger partial charge in [0.1, 0.15) is 0 Å². The molecule has 0 aromatic carbocycles. The third-order valence-corrected chi connectivity index (χ3v) is 3.27. The van der Waals surface area contributed by atoms with E-state index in [9.17, 15) is 0 Å². The van der Waals surface area contributed by atoms with Crippen molar-refractivity contribution in [2.45, 2.75) is 59.8 Å². The van der Waals surface area contributed by atoms with Gasteiger partial charge in [-0.1, -0.05) is 40.5 Å². The van der Waals surface area contributed by atoms with Crippen LogP contribution >= 0.6 is 0 Å². The highest BCUT2D eigenvalue weighted by atomic mass is 15.1. The molecule has 0 amide bonds. The van der Waals surface area contributed by atoms with Crippen LogP contribution in [0.1, 0.15) is 59.8 Å². The summed E-state index contributed by atoms with van der Waals surface area (Å²) in [5.41, 5.74) is 0.644. The normalized spacial score (nSPS) is 28.9. The molecule has 1 heterocycles. The molecule has 1 heteroatoms. The number of rotatable bonds is 1. The van der Waals surface area contributed by atoms with Crippen molar-refractivity contribution in [3.05, 3.63) is 0 Å². The fourth-order valence-electron chi connectivity index (χ4n) is 1.83. The zero-order chi connectivity index (χ0) is 11.0. The second kappa shape index (κ2) is 7.28. The average Bonchev–Trinajstić information content (AvgIpc) is 2.31. The minimum atomic E-state index is 0.644.